The number of hydrogen-bond donors (Lipinski definition) is 1. The molecule has 0 saturated heterocycles. The largest absolute Gasteiger partial charge is 0.376 e. The summed E-state index contributed by atoms with van der Waals surface area (Å²) in [6.07, 6.45) is 3.70. The Bertz CT molecular complexity index is 519. The van der Waals surface area contributed by atoms with Gasteiger partial charge in [0.15, 0.2) is 0 Å². The fourth-order valence-corrected chi connectivity index (χ4v) is 2.81. The molecule has 0 amide bonds. The molecule has 0 bridgehead atoms. The zero-order valence-electron chi connectivity index (χ0n) is 10.6. The van der Waals surface area contributed by atoms with Crippen molar-refractivity contribution in [1.82, 2.24) is 9.97 Å². The zero-order chi connectivity index (χ0) is 12.4. The average Bonchev–Trinajstić information content (AvgIpc) is 2.58. The van der Waals surface area contributed by atoms with Gasteiger partial charge in [-0.25, -0.2) is 4.98 Å². The van der Waals surface area contributed by atoms with Crippen LogP contribution in [0, 0.1) is 20.8 Å². The summed E-state index contributed by atoms with van der Waals surface area (Å²) in [6, 6.07) is 2.31. The van der Waals surface area contributed by atoms with Crippen LogP contribution in [0.1, 0.15) is 34.1 Å². The van der Waals surface area contributed by atoms with E-state index in [0.717, 1.165) is 22.0 Å². The highest BCUT2D eigenvalue weighted by molar-refractivity contribution is 7.11. The minimum atomic E-state index is 0.212. The Morgan fingerprint density at radius 3 is 2.59 bits per heavy atom. The van der Waals surface area contributed by atoms with Crippen molar-refractivity contribution in [3.8, 4) is 0 Å². The van der Waals surface area contributed by atoms with Crippen molar-refractivity contribution < 1.29 is 0 Å². The summed E-state index contributed by atoms with van der Waals surface area (Å²) in [5, 5.41) is 4.55. The first-order valence-corrected chi connectivity index (χ1v) is 6.50. The minimum absolute atomic E-state index is 0.212. The van der Waals surface area contributed by atoms with Gasteiger partial charge in [-0.1, -0.05) is 0 Å². The summed E-state index contributed by atoms with van der Waals surface area (Å²) in [7, 11) is 0. The summed E-state index contributed by atoms with van der Waals surface area (Å²) < 4.78 is 0. The second-order valence-corrected chi connectivity index (χ2v) is 5.70. The highest BCUT2D eigenvalue weighted by Crippen LogP contribution is 2.25. The first-order valence-electron chi connectivity index (χ1n) is 5.68. The molecule has 4 heteroatoms. The van der Waals surface area contributed by atoms with Gasteiger partial charge in [0, 0.05) is 17.3 Å². The number of rotatable bonds is 3. The standard InChI is InChI=1S/C13H17N3S/c1-8-5-12(7-14-6-8)15-9(2)13-10(3)17-11(4)16-13/h5-7,9,15H,1-4H3. The van der Waals surface area contributed by atoms with E-state index in [1.54, 1.807) is 11.3 Å². The second kappa shape index (κ2) is 4.84. The van der Waals surface area contributed by atoms with Crippen LogP contribution in [-0.4, -0.2) is 9.97 Å². The van der Waals surface area contributed by atoms with Gasteiger partial charge in [0.05, 0.1) is 22.4 Å². The SMILES string of the molecule is Cc1cncc(NC(C)c2nc(C)sc2C)c1. The van der Waals surface area contributed by atoms with Crippen LogP contribution in [0.3, 0.4) is 0 Å². The van der Waals surface area contributed by atoms with Gasteiger partial charge >= 0.3 is 0 Å². The number of pyridine rings is 1. The summed E-state index contributed by atoms with van der Waals surface area (Å²) in [5.74, 6) is 0. The Kier molecular flexibility index (Phi) is 3.43. The van der Waals surface area contributed by atoms with Gasteiger partial charge in [-0.05, 0) is 39.3 Å². The number of thiazole rings is 1. The molecule has 90 valence electrons. The van der Waals surface area contributed by atoms with Crippen molar-refractivity contribution in [2.75, 3.05) is 5.32 Å². The van der Waals surface area contributed by atoms with Gasteiger partial charge in [0.25, 0.3) is 0 Å². The smallest absolute Gasteiger partial charge is 0.0901 e. The molecule has 17 heavy (non-hydrogen) atoms. The summed E-state index contributed by atoms with van der Waals surface area (Å²) >= 11 is 1.74. The third-order valence-electron chi connectivity index (χ3n) is 2.61. The van der Waals surface area contributed by atoms with Crippen LogP contribution in [0.2, 0.25) is 0 Å². The van der Waals surface area contributed by atoms with E-state index in [1.807, 2.05) is 26.2 Å². The maximum atomic E-state index is 4.56. The van der Waals surface area contributed by atoms with Crippen molar-refractivity contribution in [1.29, 1.82) is 0 Å². The van der Waals surface area contributed by atoms with Crippen LogP contribution in [-0.2, 0) is 0 Å². The van der Waals surface area contributed by atoms with E-state index in [4.69, 9.17) is 0 Å². The number of anilines is 1. The third-order valence-corrected chi connectivity index (χ3v) is 3.51. The van der Waals surface area contributed by atoms with Crippen molar-refractivity contribution >= 4 is 17.0 Å². The van der Waals surface area contributed by atoms with E-state index >= 15 is 0 Å². The van der Waals surface area contributed by atoms with E-state index in [9.17, 15) is 0 Å². The second-order valence-electron chi connectivity index (χ2n) is 4.29. The fraction of sp³-hybridized carbons (Fsp3) is 0.385. The van der Waals surface area contributed by atoms with Crippen molar-refractivity contribution in [3.63, 3.8) is 0 Å². The van der Waals surface area contributed by atoms with Gasteiger partial charge in [-0.15, -0.1) is 11.3 Å². The number of aryl methyl sites for hydroxylation is 3. The molecule has 0 aliphatic carbocycles. The Labute approximate surface area is 106 Å². The predicted molar refractivity (Wildman–Crippen MR) is 72.6 cm³/mol. The molecule has 0 saturated carbocycles. The van der Waals surface area contributed by atoms with Crippen LogP contribution < -0.4 is 5.32 Å². The summed E-state index contributed by atoms with van der Waals surface area (Å²) in [4.78, 5) is 10.0. The summed E-state index contributed by atoms with van der Waals surface area (Å²) in [5.41, 5.74) is 3.34. The van der Waals surface area contributed by atoms with Crippen LogP contribution in [0.15, 0.2) is 18.5 Å². The van der Waals surface area contributed by atoms with E-state index in [-0.39, 0.29) is 6.04 Å². The number of nitrogens with zero attached hydrogens (tertiary/aromatic N) is 2. The van der Waals surface area contributed by atoms with E-state index in [1.165, 1.54) is 4.88 Å². The van der Waals surface area contributed by atoms with Crippen molar-refractivity contribution in [2.45, 2.75) is 33.7 Å². The first kappa shape index (κ1) is 12.0. The molecule has 3 nitrogen and oxygen atoms in total. The van der Waals surface area contributed by atoms with Crippen molar-refractivity contribution in [3.05, 3.63) is 39.6 Å². The lowest BCUT2D eigenvalue weighted by Crippen LogP contribution is -2.08. The number of aromatic nitrogens is 2. The third kappa shape index (κ3) is 2.82. The Hall–Kier alpha value is -1.42. The highest BCUT2D eigenvalue weighted by atomic mass is 32.1. The molecule has 0 spiro atoms. The molecule has 0 aliphatic rings. The predicted octanol–water partition coefficient (Wildman–Crippen LogP) is 3.64. The fourth-order valence-electron chi connectivity index (χ4n) is 1.90. The molecule has 0 fully saturated rings. The lowest BCUT2D eigenvalue weighted by molar-refractivity contribution is 0.835. The Balaban J connectivity index is 2.16. The Morgan fingerprint density at radius 1 is 1.24 bits per heavy atom. The topological polar surface area (TPSA) is 37.8 Å². The Morgan fingerprint density at radius 2 is 2.00 bits per heavy atom. The quantitative estimate of drug-likeness (QED) is 0.900. The lowest BCUT2D eigenvalue weighted by Gasteiger charge is -2.14. The molecule has 2 heterocycles. The normalized spacial score (nSPS) is 12.5. The maximum Gasteiger partial charge on any atom is 0.0901 e. The average molecular weight is 247 g/mol. The van der Waals surface area contributed by atoms with Crippen molar-refractivity contribution in [2.24, 2.45) is 0 Å². The molecule has 0 aromatic carbocycles. The van der Waals surface area contributed by atoms with Crippen LogP contribution in [0.5, 0.6) is 0 Å². The van der Waals surface area contributed by atoms with Gasteiger partial charge in [-0.3, -0.25) is 4.98 Å². The number of nitrogens with one attached hydrogen (secondary N) is 1. The van der Waals surface area contributed by atoms with Gasteiger partial charge in [0.1, 0.15) is 0 Å². The van der Waals surface area contributed by atoms with Crippen LogP contribution >= 0.6 is 11.3 Å². The van der Waals surface area contributed by atoms with E-state index < -0.39 is 0 Å². The number of hydrogen-bond acceptors (Lipinski definition) is 4. The van der Waals surface area contributed by atoms with Gasteiger partial charge in [-0.2, -0.15) is 0 Å². The monoisotopic (exact) mass is 247 g/mol. The molecule has 0 aliphatic heterocycles. The van der Waals surface area contributed by atoms with E-state index in [0.29, 0.717) is 0 Å². The molecule has 2 aromatic rings. The van der Waals surface area contributed by atoms with Crippen LogP contribution in [0.25, 0.3) is 0 Å². The van der Waals surface area contributed by atoms with E-state index in [2.05, 4.69) is 35.2 Å². The molecule has 2 aromatic heterocycles. The molecule has 0 radical (unpaired) electrons. The molecule has 1 unspecified atom stereocenters. The molecular formula is C13H17N3S. The molecule has 1 atom stereocenters. The summed E-state index contributed by atoms with van der Waals surface area (Å²) in [6.45, 7) is 8.33. The highest BCUT2D eigenvalue weighted by Gasteiger charge is 2.12. The van der Waals surface area contributed by atoms with Crippen LogP contribution in [0.4, 0.5) is 5.69 Å². The zero-order valence-corrected chi connectivity index (χ0v) is 11.4. The lowest BCUT2D eigenvalue weighted by atomic mass is 10.2. The van der Waals surface area contributed by atoms with Gasteiger partial charge < -0.3 is 5.32 Å². The molecule has 2 rings (SSSR count). The molecule has 1 N–H and O–H groups in total. The van der Waals surface area contributed by atoms with Gasteiger partial charge in [0.2, 0.25) is 0 Å². The maximum absolute atomic E-state index is 4.56. The molecular weight excluding hydrogens is 230 g/mol. The first-order chi connectivity index (χ1) is 8.06. The minimum Gasteiger partial charge on any atom is -0.376 e.